The Kier molecular flexibility index (Phi) is 27.8. The molecule has 0 saturated heterocycles. The summed E-state index contributed by atoms with van der Waals surface area (Å²) in [6.45, 7) is 5.56. The lowest BCUT2D eigenvalue weighted by Crippen LogP contribution is -2.09. The van der Waals surface area contributed by atoms with Crippen LogP contribution in [0.5, 0.6) is 0 Å². The van der Waals surface area contributed by atoms with Gasteiger partial charge in [-0.1, -0.05) is 26.7 Å². The average molecular weight is 495 g/mol. The van der Waals surface area contributed by atoms with Crippen LogP contribution in [0.1, 0.15) is 52.4 Å². The van der Waals surface area contributed by atoms with Crippen LogP contribution in [0, 0.1) is 0 Å². The highest BCUT2D eigenvalue weighted by Crippen LogP contribution is 2.07. The Morgan fingerprint density at radius 2 is 0.941 bits per heavy atom. The molecule has 6 N–H and O–H groups in total. The van der Waals surface area contributed by atoms with Crippen LogP contribution in [0.4, 0.5) is 0 Å². The van der Waals surface area contributed by atoms with E-state index in [4.69, 9.17) is 40.1 Å². The molecule has 34 heavy (non-hydrogen) atoms. The quantitative estimate of drug-likeness (QED) is 0.126. The van der Waals surface area contributed by atoms with Crippen LogP contribution in [0.25, 0.3) is 0 Å². The number of carboxylic acid groups (broad SMARTS) is 4. The number of unbranched alkanes of at least 4 members (excludes halogenated alkanes) is 2. The first-order valence-electron chi connectivity index (χ1n) is 10.8. The molecule has 0 aliphatic heterocycles. The van der Waals surface area contributed by atoms with E-state index in [0.717, 1.165) is 25.0 Å². The topological polar surface area (TPSA) is 208 Å². The second-order valence-electron chi connectivity index (χ2n) is 6.50. The van der Waals surface area contributed by atoms with E-state index in [0.29, 0.717) is 52.1 Å². The lowest BCUT2D eigenvalue weighted by atomic mass is 10.1. The van der Waals surface area contributed by atoms with Gasteiger partial charge >= 0.3 is 23.9 Å². The number of rotatable bonds is 17. The van der Waals surface area contributed by atoms with Gasteiger partial charge in [0.1, 0.15) is 0 Å². The summed E-state index contributed by atoms with van der Waals surface area (Å²) < 4.78 is 9.75. The maximum atomic E-state index is 10.4. The summed E-state index contributed by atoms with van der Waals surface area (Å²) in [7, 11) is 0. The van der Waals surface area contributed by atoms with Gasteiger partial charge in [-0.05, 0) is 25.7 Å². The van der Waals surface area contributed by atoms with Crippen molar-refractivity contribution in [2.45, 2.75) is 52.4 Å². The van der Waals surface area contributed by atoms with E-state index < -0.39 is 23.9 Å². The van der Waals surface area contributed by atoms with Crippen LogP contribution in [0.2, 0.25) is 0 Å². The van der Waals surface area contributed by atoms with Crippen molar-refractivity contribution in [3.05, 3.63) is 23.3 Å². The maximum Gasteiger partial charge on any atom is 0.331 e. The van der Waals surface area contributed by atoms with E-state index in [1.807, 2.05) is 13.8 Å². The summed E-state index contributed by atoms with van der Waals surface area (Å²) in [6, 6.07) is 0. The molecule has 0 fully saturated rings. The molecule has 0 saturated carbocycles. The number of aliphatic carboxylic acids is 4. The van der Waals surface area contributed by atoms with E-state index in [-0.39, 0.29) is 24.4 Å². The molecule has 0 rings (SSSR count). The van der Waals surface area contributed by atoms with Gasteiger partial charge in [-0.25, -0.2) is 19.2 Å². The van der Waals surface area contributed by atoms with Crippen LogP contribution in [-0.4, -0.2) is 94.2 Å². The molecule has 0 heterocycles. The number of aliphatic hydroxyl groups excluding tert-OH is 2. The van der Waals surface area contributed by atoms with Crippen molar-refractivity contribution in [3.63, 3.8) is 0 Å². The largest absolute Gasteiger partial charge is 0.478 e. The van der Waals surface area contributed by atoms with Crippen LogP contribution in [0.15, 0.2) is 23.3 Å². The highest BCUT2D eigenvalue weighted by atomic mass is 16.5. The van der Waals surface area contributed by atoms with E-state index in [9.17, 15) is 19.2 Å². The van der Waals surface area contributed by atoms with Gasteiger partial charge in [-0.3, -0.25) is 0 Å². The fourth-order valence-electron chi connectivity index (χ4n) is 1.97. The van der Waals surface area contributed by atoms with Gasteiger partial charge in [0.25, 0.3) is 0 Å². The first-order chi connectivity index (χ1) is 16.1. The molecule has 0 aromatic carbocycles. The van der Waals surface area contributed by atoms with Gasteiger partial charge in [-0.15, -0.1) is 0 Å². The summed E-state index contributed by atoms with van der Waals surface area (Å²) in [4.78, 5) is 41.1. The number of hydrogen-bond acceptors (Lipinski definition) is 8. The Balaban J connectivity index is -0.000000426. The molecule has 0 aromatic heterocycles. The highest BCUT2D eigenvalue weighted by molar-refractivity contribution is 5.95. The molecular formula is C22H38O12. The number of hydrogen-bond donors (Lipinski definition) is 6. The summed E-state index contributed by atoms with van der Waals surface area (Å²) in [5.41, 5.74) is -0.0753. The SMILES string of the molecule is CCCCC(=CC(=O)O)C(=O)O.CCCCC(=CC(=O)O)C(=O)O.OCCOCCOCCO. The van der Waals surface area contributed by atoms with Crippen LogP contribution in [-0.2, 0) is 28.7 Å². The maximum absolute atomic E-state index is 10.4. The van der Waals surface area contributed by atoms with Gasteiger partial charge in [-0.2, -0.15) is 0 Å². The van der Waals surface area contributed by atoms with Crippen molar-refractivity contribution in [2.75, 3.05) is 39.6 Å². The second kappa shape index (κ2) is 26.5. The minimum atomic E-state index is -1.21. The minimum Gasteiger partial charge on any atom is -0.478 e. The summed E-state index contributed by atoms with van der Waals surface area (Å²) in [6.07, 6.45) is 5.23. The number of ether oxygens (including phenoxy) is 2. The third kappa shape index (κ3) is 29.2. The van der Waals surface area contributed by atoms with Crippen LogP contribution >= 0.6 is 0 Å². The molecule has 0 spiro atoms. The molecule has 198 valence electrons. The molecular weight excluding hydrogens is 456 g/mol. The van der Waals surface area contributed by atoms with Crippen LogP contribution in [0.3, 0.4) is 0 Å². The average Bonchev–Trinajstić information content (AvgIpc) is 2.76. The van der Waals surface area contributed by atoms with Crippen LogP contribution < -0.4 is 0 Å². The molecule has 12 heteroatoms. The fraction of sp³-hybridized carbons (Fsp3) is 0.636. The Bertz CT molecular complexity index is 571. The fourth-order valence-corrected chi connectivity index (χ4v) is 1.97. The Labute approximate surface area is 199 Å². The molecule has 0 unspecified atom stereocenters. The molecule has 0 radical (unpaired) electrons. The summed E-state index contributed by atoms with van der Waals surface area (Å²) >= 11 is 0. The third-order valence-electron chi connectivity index (χ3n) is 3.59. The second-order valence-corrected chi connectivity index (χ2v) is 6.50. The molecule has 0 aliphatic carbocycles. The number of aliphatic hydroxyl groups is 2. The molecule has 0 atom stereocenters. The monoisotopic (exact) mass is 494 g/mol. The van der Waals surface area contributed by atoms with E-state index >= 15 is 0 Å². The van der Waals surface area contributed by atoms with E-state index in [1.54, 1.807) is 0 Å². The van der Waals surface area contributed by atoms with Crippen molar-refractivity contribution >= 4 is 23.9 Å². The van der Waals surface area contributed by atoms with Crippen molar-refractivity contribution < 1.29 is 59.3 Å². The summed E-state index contributed by atoms with van der Waals surface area (Å²) in [5.74, 6) is -4.70. The molecule has 0 aromatic rings. The Hall–Kier alpha value is -2.80. The van der Waals surface area contributed by atoms with Gasteiger partial charge in [0.15, 0.2) is 0 Å². The highest BCUT2D eigenvalue weighted by Gasteiger charge is 2.08. The van der Waals surface area contributed by atoms with E-state index in [2.05, 4.69) is 0 Å². The normalized spacial score (nSPS) is 10.9. The van der Waals surface area contributed by atoms with Gasteiger partial charge in [0, 0.05) is 23.3 Å². The smallest absolute Gasteiger partial charge is 0.331 e. The Morgan fingerprint density at radius 1 is 0.618 bits per heavy atom. The minimum absolute atomic E-state index is 0.0376. The lowest BCUT2D eigenvalue weighted by molar-refractivity contribution is -0.135. The Morgan fingerprint density at radius 3 is 1.15 bits per heavy atom. The molecule has 0 aliphatic rings. The molecule has 0 amide bonds. The van der Waals surface area contributed by atoms with Crippen molar-refractivity contribution in [3.8, 4) is 0 Å². The van der Waals surface area contributed by atoms with Gasteiger partial charge in [0.05, 0.1) is 39.6 Å². The number of carbonyl (C=O) groups is 4. The van der Waals surface area contributed by atoms with Gasteiger partial charge < -0.3 is 40.1 Å². The van der Waals surface area contributed by atoms with Crippen molar-refractivity contribution in [1.82, 2.24) is 0 Å². The standard InChI is InChI=1S/2C8H12O4.C6H14O4/c2*1-2-3-4-6(8(11)12)5-7(9)10;7-1-3-9-5-6-10-4-2-8/h2*5H,2-4H2,1H3,(H,9,10)(H,11,12);7-8H,1-6H2. The van der Waals surface area contributed by atoms with Crippen molar-refractivity contribution in [1.29, 1.82) is 0 Å². The first kappa shape index (κ1) is 35.8. The summed E-state index contributed by atoms with van der Waals surface area (Å²) in [5, 5.41) is 50.1. The third-order valence-corrected chi connectivity index (χ3v) is 3.59. The zero-order valence-electron chi connectivity index (χ0n) is 19.8. The molecule has 12 nitrogen and oxygen atoms in total. The predicted molar refractivity (Wildman–Crippen MR) is 122 cm³/mol. The zero-order chi connectivity index (χ0) is 26.8. The number of carboxylic acids is 4. The van der Waals surface area contributed by atoms with Crippen molar-refractivity contribution in [2.24, 2.45) is 0 Å². The zero-order valence-corrected chi connectivity index (χ0v) is 19.8. The van der Waals surface area contributed by atoms with E-state index in [1.165, 1.54) is 0 Å². The molecule has 0 bridgehead atoms. The predicted octanol–water partition coefficient (Wildman–Crippen LogP) is 1.55. The first-order valence-corrected chi connectivity index (χ1v) is 10.8. The van der Waals surface area contributed by atoms with Gasteiger partial charge in [0.2, 0.25) is 0 Å². The lowest BCUT2D eigenvalue weighted by Gasteiger charge is -2.01.